The second-order valence-corrected chi connectivity index (χ2v) is 5.12. The van der Waals surface area contributed by atoms with Crippen LogP contribution in [0.15, 0.2) is 10.9 Å². The average molecular weight is 348 g/mol. The fourth-order valence-corrected chi connectivity index (χ4v) is 2.57. The average Bonchev–Trinajstić information content (AvgIpc) is 2.52. The van der Waals surface area contributed by atoms with E-state index < -0.39 is 34.4 Å². The number of rotatable bonds is 4. The topological polar surface area (TPSA) is 48.3 Å². The van der Waals surface area contributed by atoms with E-state index in [4.69, 9.17) is 16.3 Å². The van der Waals surface area contributed by atoms with E-state index in [1.165, 1.54) is 0 Å². The van der Waals surface area contributed by atoms with E-state index >= 15 is 0 Å². The highest BCUT2D eigenvalue weighted by Gasteiger charge is 2.25. The summed E-state index contributed by atoms with van der Waals surface area (Å²) in [6.07, 6.45) is 0. The van der Waals surface area contributed by atoms with E-state index in [1.807, 2.05) is 0 Å². The first-order valence-electron chi connectivity index (χ1n) is 6.78. The molecule has 0 unspecified atom stereocenters. The van der Waals surface area contributed by atoms with Crippen molar-refractivity contribution < 1.29 is 22.7 Å². The van der Waals surface area contributed by atoms with Gasteiger partial charge in [-0.2, -0.15) is 0 Å². The van der Waals surface area contributed by atoms with Crippen LogP contribution in [0, 0.1) is 24.4 Å². The summed E-state index contributed by atoms with van der Waals surface area (Å²) in [7, 11) is 0. The molecule has 0 atom stereocenters. The zero-order chi connectivity index (χ0) is 17.3. The normalized spacial score (nSPS) is 11.0. The molecule has 0 aliphatic carbocycles. The molecule has 0 aliphatic rings. The number of carbonyl (C=O) groups is 1. The van der Waals surface area contributed by atoms with E-state index in [9.17, 15) is 22.8 Å². The first-order valence-corrected chi connectivity index (χ1v) is 7.32. The molecule has 0 bridgehead atoms. The number of ether oxygens (including phenoxy) is 1. The molecule has 2 rings (SSSR count). The van der Waals surface area contributed by atoms with Crippen LogP contribution in [-0.4, -0.2) is 23.0 Å². The van der Waals surface area contributed by atoms with Gasteiger partial charge in [0.15, 0.2) is 22.9 Å². The van der Waals surface area contributed by atoms with Gasteiger partial charge >= 0.3 is 5.97 Å². The van der Waals surface area contributed by atoms with Crippen LogP contribution in [-0.2, 0) is 11.3 Å². The van der Waals surface area contributed by atoms with Crippen molar-refractivity contribution in [2.75, 3.05) is 12.5 Å². The molecule has 0 fully saturated rings. The Bertz CT molecular complexity index is 848. The molecule has 8 heteroatoms. The van der Waals surface area contributed by atoms with Crippen molar-refractivity contribution in [2.24, 2.45) is 0 Å². The smallest absolute Gasteiger partial charge is 0.355 e. The van der Waals surface area contributed by atoms with Crippen LogP contribution in [0.1, 0.15) is 23.0 Å². The Morgan fingerprint density at radius 1 is 1.26 bits per heavy atom. The lowest BCUT2D eigenvalue weighted by Crippen LogP contribution is -2.23. The van der Waals surface area contributed by atoms with Crippen molar-refractivity contribution in [2.45, 2.75) is 20.4 Å². The van der Waals surface area contributed by atoms with E-state index in [2.05, 4.69) is 0 Å². The first kappa shape index (κ1) is 17.3. The number of benzene rings is 1. The van der Waals surface area contributed by atoms with E-state index in [0.717, 1.165) is 17.6 Å². The maximum atomic E-state index is 14.3. The third kappa shape index (κ3) is 2.81. The minimum Gasteiger partial charge on any atom is -0.461 e. The number of fused-ring (bicyclic) bond motifs is 1. The SMILES string of the molecule is CCOC(=O)c1cc(=O)c2c(C)c(F)c(F)c(F)c2n1CCCl. The van der Waals surface area contributed by atoms with Crippen LogP contribution in [0.2, 0.25) is 0 Å². The third-order valence-corrected chi connectivity index (χ3v) is 3.57. The molecular formula is C15H13ClF3NO3. The molecule has 0 spiro atoms. The number of pyridine rings is 1. The van der Waals surface area contributed by atoms with Crippen LogP contribution >= 0.6 is 11.6 Å². The van der Waals surface area contributed by atoms with Crippen LogP contribution in [0.25, 0.3) is 10.9 Å². The molecule has 0 N–H and O–H groups in total. The number of aryl methyl sites for hydroxylation is 2. The zero-order valence-corrected chi connectivity index (χ0v) is 13.1. The molecule has 0 amide bonds. The lowest BCUT2D eigenvalue weighted by atomic mass is 10.1. The van der Waals surface area contributed by atoms with E-state index in [1.54, 1.807) is 6.92 Å². The number of halogens is 4. The van der Waals surface area contributed by atoms with Gasteiger partial charge in [0.25, 0.3) is 0 Å². The molecule has 1 aromatic carbocycles. The van der Waals surface area contributed by atoms with Gasteiger partial charge < -0.3 is 9.30 Å². The predicted octanol–water partition coefficient (Wildman–Crippen LogP) is 3.14. The quantitative estimate of drug-likeness (QED) is 0.485. The Morgan fingerprint density at radius 3 is 2.48 bits per heavy atom. The molecular weight excluding hydrogens is 335 g/mol. The van der Waals surface area contributed by atoms with Crippen molar-refractivity contribution in [3.05, 3.63) is 45.0 Å². The zero-order valence-electron chi connectivity index (χ0n) is 12.4. The number of carbonyl (C=O) groups excluding carboxylic acids is 1. The molecule has 1 heterocycles. The molecule has 1 aromatic heterocycles. The van der Waals surface area contributed by atoms with Gasteiger partial charge in [-0.15, -0.1) is 11.6 Å². The molecule has 0 saturated heterocycles. The van der Waals surface area contributed by atoms with Gasteiger partial charge in [-0.1, -0.05) is 0 Å². The highest BCUT2D eigenvalue weighted by atomic mass is 35.5. The fraction of sp³-hybridized carbons (Fsp3) is 0.333. The summed E-state index contributed by atoms with van der Waals surface area (Å²) in [6, 6.07) is 0.913. The second-order valence-electron chi connectivity index (χ2n) is 4.75. The third-order valence-electron chi connectivity index (χ3n) is 3.40. The number of esters is 1. The minimum atomic E-state index is -1.71. The maximum absolute atomic E-state index is 14.3. The summed E-state index contributed by atoms with van der Waals surface area (Å²) < 4.78 is 47.6. The lowest BCUT2D eigenvalue weighted by molar-refractivity contribution is 0.0513. The largest absolute Gasteiger partial charge is 0.461 e. The summed E-state index contributed by atoms with van der Waals surface area (Å²) in [5.41, 5.74) is -1.90. The Labute approximate surface area is 134 Å². The molecule has 4 nitrogen and oxygen atoms in total. The van der Waals surface area contributed by atoms with Gasteiger partial charge in [-0.05, 0) is 13.8 Å². The molecule has 23 heavy (non-hydrogen) atoms. The van der Waals surface area contributed by atoms with Crippen LogP contribution in [0.5, 0.6) is 0 Å². The van der Waals surface area contributed by atoms with Gasteiger partial charge in [0.05, 0.1) is 17.5 Å². The monoisotopic (exact) mass is 347 g/mol. The maximum Gasteiger partial charge on any atom is 0.355 e. The van der Waals surface area contributed by atoms with Crippen LogP contribution in [0.3, 0.4) is 0 Å². The minimum absolute atomic E-state index is 0.0330. The Balaban J connectivity index is 3.01. The van der Waals surface area contributed by atoms with Gasteiger partial charge in [0, 0.05) is 24.1 Å². The molecule has 2 aromatic rings. The van der Waals surface area contributed by atoms with Crippen LogP contribution in [0.4, 0.5) is 13.2 Å². The molecule has 0 radical (unpaired) electrons. The number of hydrogen-bond acceptors (Lipinski definition) is 3. The molecule has 0 aliphatic heterocycles. The van der Waals surface area contributed by atoms with Gasteiger partial charge in [0.2, 0.25) is 0 Å². The number of alkyl halides is 1. The Morgan fingerprint density at radius 2 is 1.91 bits per heavy atom. The van der Waals surface area contributed by atoms with Crippen molar-refractivity contribution in [1.29, 1.82) is 0 Å². The highest BCUT2D eigenvalue weighted by Crippen LogP contribution is 2.26. The Hall–Kier alpha value is -2.02. The second kappa shape index (κ2) is 6.62. The summed E-state index contributed by atoms with van der Waals surface area (Å²) >= 11 is 5.65. The van der Waals surface area contributed by atoms with Gasteiger partial charge in [-0.25, -0.2) is 18.0 Å². The van der Waals surface area contributed by atoms with Crippen molar-refractivity contribution in [3.63, 3.8) is 0 Å². The van der Waals surface area contributed by atoms with Gasteiger partial charge in [-0.3, -0.25) is 4.79 Å². The lowest BCUT2D eigenvalue weighted by Gasteiger charge is -2.17. The summed E-state index contributed by atoms with van der Waals surface area (Å²) in [5, 5.41) is -0.334. The van der Waals surface area contributed by atoms with Gasteiger partial charge in [0.1, 0.15) is 5.69 Å². The number of aromatic nitrogens is 1. The number of nitrogens with zero attached hydrogens (tertiary/aromatic N) is 1. The summed E-state index contributed by atoms with van der Waals surface area (Å²) in [6.45, 7) is 2.67. The summed E-state index contributed by atoms with van der Waals surface area (Å²) in [4.78, 5) is 24.2. The highest BCUT2D eigenvalue weighted by molar-refractivity contribution is 6.17. The molecule has 0 saturated carbocycles. The standard InChI is InChI=1S/C15H13ClF3NO3/c1-3-23-15(22)8-6-9(21)10-7(2)11(17)12(18)13(19)14(10)20(8)5-4-16/h6H,3-5H2,1-2H3. The van der Waals surface area contributed by atoms with E-state index in [-0.39, 0.29) is 35.7 Å². The predicted molar refractivity (Wildman–Crippen MR) is 79.5 cm³/mol. The molecule has 124 valence electrons. The van der Waals surface area contributed by atoms with Crippen LogP contribution < -0.4 is 5.43 Å². The number of hydrogen-bond donors (Lipinski definition) is 0. The van der Waals surface area contributed by atoms with Crippen molar-refractivity contribution in [3.8, 4) is 0 Å². The van der Waals surface area contributed by atoms with Crippen molar-refractivity contribution in [1.82, 2.24) is 4.57 Å². The summed E-state index contributed by atoms with van der Waals surface area (Å²) in [5.74, 6) is -5.61. The first-order chi connectivity index (χ1) is 10.8. The fourth-order valence-electron chi connectivity index (χ4n) is 2.40. The Kier molecular flexibility index (Phi) is 4.99. The van der Waals surface area contributed by atoms with E-state index in [0.29, 0.717) is 0 Å². The van der Waals surface area contributed by atoms with Crippen molar-refractivity contribution >= 4 is 28.5 Å².